The molecule has 2 aromatic rings. The number of rotatable bonds is 8. The van der Waals surface area contributed by atoms with Gasteiger partial charge in [0.15, 0.2) is 0 Å². The van der Waals surface area contributed by atoms with E-state index in [1.54, 1.807) is 12.0 Å². The first-order chi connectivity index (χ1) is 13.5. The van der Waals surface area contributed by atoms with E-state index in [1.165, 1.54) is 0 Å². The number of ether oxygens (including phenoxy) is 1. The molecule has 1 saturated heterocycles. The third-order valence-electron chi connectivity index (χ3n) is 4.91. The minimum absolute atomic E-state index is 0.0696. The number of nitrogens with zero attached hydrogens (tertiary/aromatic N) is 2. The van der Waals surface area contributed by atoms with E-state index in [2.05, 4.69) is 20.5 Å². The van der Waals surface area contributed by atoms with E-state index in [0.29, 0.717) is 44.7 Å². The maximum atomic E-state index is 12.4. The van der Waals surface area contributed by atoms with Gasteiger partial charge in [0.05, 0.1) is 13.0 Å². The van der Waals surface area contributed by atoms with E-state index in [4.69, 9.17) is 4.74 Å². The lowest BCUT2D eigenvalue weighted by Crippen LogP contribution is -2.46. The van der Waals surface area contributed by atoms with Crippen molar-refractivity contribution in [3.05, 3.63) is 46.1 Å². The van der Waals surface area contributed by atoms with Gasteiger partial charge < -0.3 is 15.0 Å². The highest BCUT2D eigenvalue weighted by Crippen LogP contribution is 2.19. The number of carbonyl (C=O) groups excluding carboxylic acids is 2. The molecule has 2 heterocycles. The second-order valence-electron chi connectivity index (χ2n) is 6.84. The molecule has 3 N–H and O–H groups in total. The molecule has 150 valence electrons. The lowest BCUT2D eigenvalue weighted by atomic mass is 9.96. The van der Waals surface area contributed by atoms with Crippen molar-refractivity contribution in [1.82, 2.24) is 25.4 Å². The van der Waals surface area contributed by atoms with Gasteiger partial charge in [-0.15, -0.1) is 0 Å². The van der Waals surface area contributed by atoms with Gasteiger partial charge >= 0.3 is 5.69 Å². The van der Waals surface area contributed by atoms with E-state index in [1.807, 2.05) is 24.3 Å². The van der Waals surface area contributed by atoms with Gasteiger partial charge in [-0.25, -0.2) is 9.89 Å². The Hall–Kier alpha value is -3.10. The number of hydrogen-bond donors (Lipinski definition) is 3. The second kappa shape index (κ2) is 9.20. The molecule has 2 amide bonds. The van der Waals surface area contributed by atoms with Crippen LogP contribution in [0.15, 0.2) is 29.1 Å². The smallest absolute Gasteiger partial charge is 0.340 e. The molecule has 1 aromatic carbocycles. The molecule has 0 spiro atoms. The van der Waals surface area contributed by atoms with Crippen LogP contribution >= 0.6 is 0 Å². The van der Waals surface area contributed by atoms with Crippen molar-refractivity contribution in [2.45, 2.75) is 25.7 Å². The van der Waals surface area contributed by atoms with Crippen LogP contribution in [0.4, 0.5) is 0 Å². The van der Waals surface area contributed by atoms with Crippen molar-refractivity contribution in [2.75, 3.05) is 26.7 Å². The fraction of sp³-hybridized carbons (Fsp3) is 0.474. The summed E-state index contributed by atoms with van der Waals surface area (Å²) in [5, 5.41) is 8.96. The zero-order valence-corrected chi connectivity index (χ0v) is 15.9. The van der Waals surface area contributed by atoms with Gasteiger partial charge in [-0.1, -0.05) is 12.1 Å². The Bertz CT molecular complexity index is 858. The molecule has 0 radical (unpaired) electrons. The molecule has 1 aliphatic heterocycles. The highest BCUT2D eigenvalue weighted by Gasteiger charge is 2.29. The predicted molar refractivity (Wildman–Crippen MR) is 102 cm³/mol. The van der Waals surface area contributed by atoms with Gasteiger partial charge in [-0.3, -0.25) is 14.6 Å². The maximum Gasteiger partial charge on any atom is 0.340 e. The molecule has 1 unspecified atom stereocenters. The number of H-pyrrole nitrogens is 2. The monoisotopic (exact) mass is 387 g/mol. The molecule has 0 bridgehead atoms. The third kappa shape index (κ3) is 5.21. The van der Waals surface area contributed by atoms with Crippen molar-refractivity contribution in [3.8, 4) is 5.75 Å². The Morgan fingerprint density at radius 2 is 2.07 bits per heavy atom. The Labute approximate surface area is 162 Å². The van der Waals surface area contributed by atoms with Gasteiger partial charge in [0.25, 0.3) is 0 Å². The molecule has 1 atom stereocenters. The van der Waals surface area contributed by atoms with Gasteiger partial charge in [0, 0.05) is 32.5 Å². The minimum atomic E-state index is -0.361. The summed E-state index contributed by atoms with van der Waals surface area (Å²) in [7, 11) is 1.63. The largest absolute Gasteiger partial charge is 0.497 e. The summed E-state index contributed by atoms with van der Waals surface area (Å²) in [4.78, 5) is 39.9. The van der Waals surface area contributed by atoms with Crippen LogP contribution < -0.4 is 15.7 Å². The Morgan fingerprint density at radius 1 is 1.29 bits per heavy atom. The number of aromatic amines is 2. The summed E-state index contributed by atoms with van der Waals surface area (Å²) in [5.41, 5.74) is 0.757. The van der Waals surface area contributed by atoms with Crippen molar-refractivity contribution in [3.63, 3.8) is 0 Å². The minimum Gasteiger partial charge on any atom is -0.497 e. The lowest BCUT2D eigenvalue weighted by molar-refractivity contribution is -0.138. The van der Waals surface area contributed by atoms with Crippen LogP contribution in [0.5, 0.6) is 5.75 Å². The quantitative estimate of drug-likeness (QED) is 0.600. The SMILES string of the molecule is COc1ccc(CCN2CC(C(=O)NCCc3n[nH]c(=O)[nH]3)CCC2=O)cc1. The van der Waals surface area contributed by atoms with Gasteiger partial charge in [0.1, 0.15) is 11.6 Å². The number of piperidine rings is 1. The van der Waals surface area contributed by atoms with Gasteiger partial charge in [-0.05, 0) is 30.5 Å². The molecular weight excluding hydrogens is 362 g/mol. The van der Waals surface area contributed by atoms with Crippen LogP contribution in [0.25, 0.3) is 0 Å². The topological polar surface area (TPSA) is 120 Å². The Balaban J connectivity index is 1.46. The fourth-order valence-corrected chi connectivity index (χ4v) is 3.27. The molecule has 9 nitrogen and oxygen atoms in total. The normalized spacial score (nSPS) is 16.8. The second-order valence-corrected chi connectivity index (χ2v) is 6.84. The first-order valence-corrected chi connectivity index (χ1v) is 9.37. The number of carbonyl (C=O) groups is 2. The summed E-state index contributed by atoms with van der Waals surface area (Å²) in [6, 6.07) is 7.76. The van der Waals surface area contributed by atoms with Gasteiger partial charge in [-0.2, -0.15) is 5.10 Å². The standard InChI is InChI=1S/C19H25N5O4/c1-28-15-5-2-13(3-6-15)9-11-24-12-14(4-7-17(24)25)18(26)20-10-8-16-21-19(27)23-22-16/h2-3,5-6,14H,4,7-12H2,1H3,(H,20,26)(H2,21,22,23,27). The van der Waals surface area contributed by atoms with Crippen LogP contribution in [0.3, 0.4) is 0 Å². The Morgan fingerprint density at radius 3 is 2.75 bits per heavy atom. The van der Waals surface area contributed by atoms with E-state index in [9.17, 15) is 14.4 Å². The molecule has 0 saturated carbocycles. The molecule has 3 rings (SSSR count). The molecule has 1 aliphatic rings. The average Bonchev–Trinajstić information content (AvgIpc) is 3.12. The first-order valence-electron chi connectivity index (χ1n) is 9.37. The van der Waals surface area contributed by atoms with Crippen LogP contribution in [0.2, 0.25) is 0 Å². The molecule has 1 aromatic heterocycles. The van der Waals surface area contributed by atoms with Crippen LogP contribution in [0.1, 0.15) is 24.2 Å². The van der Waals surface area contributed by atoms with Crippen LogP contribution in [-0.2, 0) is 22.4 Å². The lowest BCUT2D eigenvalue weighted by Gasteiger charge is -2.32. The summed E-state index contributed by atoms with van der Waals surface area (Å²) in [6.07, 6.45) is 2.12. The highest BCUT2D eigenvalue weighted by molar-refractivity contribution is 5.83. The zero-order valence-electron chi connectivity index (χ0n) is 15.9. The first kappa shape index (κ1) is 19.7. The van der Waals surface area contributed by atoms with Crippen LogP contribution in [-0.4, -0.2) is 58.6 Å². The van der Waals surface area contributed by atoms with E-state index in [0.717, 1.165) is 17.7 Å². The average molecular weight is 387 g/mol. The van der Waals surface area contributed by atoms with E-state index < -0.39 is 0 Å². The molecule has 0 aliphatic carbocycles. The number of methoxy groups -OCH3 is 1. The number of amides is 2. The van der Waals surface area contributed by atoms with Crippen LogP contribution in [0, 0.1) is 5.92 Å². The maximum absolute atomic E-state index is 12.4. The van der Waals surface area contributed by atoms with E-state index in [-0.39, 0.29) is 23.4 Å². The van der Waals surface area contributed by atoms with Gasteiger partial charge in [0.2, 0.25) is 11.8 Å². The third-order valence-corrected chi connectivity index (χ3v) is 4.91. The van der Waals surface area contributed by atoms with Crippen molar-refractivity contribution in [2.24, 2.45) is 5.92 Å². The zero-order chi connectivity index (χ0) is 19.9. The number of benzene rings is 1. The predicted octanol–water partition coefficient (Wildman–Crippen LogP) is 0.247. The molecule has 28 heavy (non-hydrogen) atoms. The van der Waals surface area contributed by atoms with Crippen molar-refractivity contribution >= 4 is 11.8 Å². The molecule has 1 fully saturated rings. The Kier molecular flexibility index (Phi) is 6.46. The summed E-state index contributed by atoms with van der Waals surface area (Å²) >= 11 is 0. The number of hydrogen-bond acceptors (Lipinski definition) is 5. The highest BCUT2D eigenvalue weighted by atomic mass is 16.5. The summed E-state index contributed by atoms with van der Waals surface area (Å²) < 4.78 is 5.15. The summed E-state index contributed by atoms with van der Waals surface area (Å²) in [6.45, 7) is 1.40. The molecule has 9 heteroatoms. The number of aromatic nitrogens is 3. The number of nitrogens with one attached hydrogen (secondary N) is 3. The van der Waals surface area contributed by atoms with Crippen molar-refractivity contribution < 1.29 is 14.3 Å². The number of likely N-dealkylation sites (tertiary alicyclic amines) is 1. The summed E-state index contributed by atoms with van der Waals surface area (Å²) in [5.74, 6) is 1.11. The fourth-order valence-electron chi connectivity index (χ4n) is 3.27. The molecular formula is C19H25N5O4. The van der Waals surface area contributed by atoms with E-state index >= 15 is 0 Å². The van der Waals surface area contributed by atoms with Crippen molar-refractivity contribution in [1.29, 1.82) is 0 Å².